The van der Waals surface area contributed by atoms with Crippen LogP contribution in [0.1, 0.15) is 78.0 Å². The number of aliphatic hydroxyl groups is 1. The Bertz CT molecular complexity index is 773. The van der Waals surface area contributed by atoms with Crippen molar-refractivity contribution in [2.24, 2.45) is 0 Å². The Morgan fingerprint density at radius 2 is 1.73 bits per heavy atom. The Morgan fingerprint density at radius 1 is 1.12 bits per heavy atom. The van der Waals surface area contributed by atoms with E-state index in [1.54, 1.807) is 20.8 Å². The number of carbonyl (C=O) groups is 3. The predicted molar refractivity (Wildman–Crippen MR) is 129 cm³/mol. The van der Waals surface area contributed by atoms with Crippen LogP contribution in [0.5, 0.6) is 0 Å². The first-order valence-corrected chi connectivity index (χ1v) is 11.7. The second kappa shape index (κ2) is 13.2. The summed E-state index contributed by atoms with van der Waals surface area (Å²) in [5, 5.41) is 15.3. The largest absolute Gasteiger partial charge is 0.444 e. The fourth-order valence-corrected chi connectivity index (χ4v) is 3.28. The summed E-state index contributed by atoms with van der Waals surface area (Å²) < 4.78 is 5.25. The summed E-state index contributed by atoms with van der Waals surface area (Å²) in [4.78, 5) is 40.7. The summed E-state index contributed by atoms with van der Waals surface area (Å²) in [6.07, 6.45) is 1.53. The van der Waals surface area contributed by atoms with E-state index in [1.807, 2.05) is 52.0 Å². The highest BCUT2D eigenvalue weighted by Gasteiger charge is 2.38. The minimum absolute atomic E-state index is 0.296. The average Bonchev–Trinajstić information content (AvgIpc) is 2.74. The van der Waals surface area contributed by atoms with Crippen molar-refractivity contribution in [1.82, 2.24) is 15.5 Å². The highest BCUT2D eigenvalue weighted by molar-refractivity contribution is 5.92. The molecule has 0 radical (unpaired) electrons. The minimum atomic E-state index is -1.25. The maximum Gasteiger partial charge on any atom is 0.408 e. The number of ether oxygens (including phenoxy) is 1. The van der Waals surface area contributed by atoms with E-state index in [2.05, 4.69) is 10.6 Å². The van der Waals surface area contributed by atoms with Crippen LogP contribution in [0.3, 0.4) is 0 Å². The predicted octanol–water partition coefficient (Wildman–Crippen LogP) is 3.47. The van der Waals surface area contributed by atoms with Gasteiger partial charge in [0.15, 0.2) is 0 Å². The highest BCUT2D eigenvalue weighted by atomic mass is 16.6. The van der Waals surface area contributed by atoms with Crippen molar-refractivity contribution >= 4 is 17.9 Å². The molecule has 8 nitrogen and oxygen atoms in total. The number of aliphatic hydroxyl groups excluding tert-OH is 1. The second-order valence-corrected chi connectivity index (χ2v) is 9.34. The molecule has 0 fully saturated rings. The van der Waals surface area contributed by atoms with Crippen molar-refractivity contribution in [3.05, 3.63) is 35.4 Å². The molecule has 0 aliphatic rings. The molecule has 3 amide bonds. The van der Waals surface area contributed by atoms with E-state index >= 15 is 0 Å². The lowest BCUT2D eigenvalue weighted by atomic mass is 9.99. The van der Waals surface area contributed by atoms with Crippen LogP contribution >= 0.6 is 0 Å². The fourth-order valence-electron chi connectivity index (χ4n) is 3.28. The van der Waals surface area contributed by atoms with Crippen molar-refractivity contribution < 1.29 is 24.2 Å². The maximum absolute atomic E-state index is 13.6. The number of rotatable bonds is 11. The topological polar surface area (TPSA) is 108 Å². The number of benzene rings is 1. The van der Waals surface area contributed by atoms with Crippen molar-refractivity contribution in [1.29, 1.82) is 0 Å². The number of carbonyl (C=O) groups excluding carboxylic acids is 3. The van der Waals surface area contributed by atoms with E-state index in [0.717, 1.165) is 18.4 Å². The fraction of sp³-hybridized carbons (Fsp3) is 0.640. The number of amides is 3. The first kappa shape index (κ1) is 28.4. The van der Waals surface area contributed by atoms with Gasteiger partial charge in [-0.25, -0.2) is 4.79 Å². The molecule has 1 aromatic rings. The number of hydrogen-bond donors (Lipinski definition) is 3. The normalized spacial score (nSPS) is 14.1. The number of aryl methyl sites for hydroxylation is 1. The van der Waals surface area contributed by atoms with E-state index in [0.29, 0.717) is 18.5 Å². The maximum atomic E-state index is 13.6. The quantitative estimate of drug-likeness (QED) is 0.436. The molecule has 0 spiro atoms. The zero-order valence-corrected chi connectivity index (χ0v) is 21.1. The summed E-state index contributed by atoms with van der Waals surface area (Å²) in [6.45, 7) is 12.8. The number of hydrogen-bond acceptors (Lipinski definition) is 5. The Morgan fingerprint density at radius 3 is 2.21 bits per heavy atom. The summed E-state index contributed by atoms with van der Waals surface area (Å²) >= 11 is 0. The molecule has 8 heteroatoms. The molecule has 0 aromatic heterocycles. The van der Waals surface area contributed by atoms with Gasteiger partial charge in [-0.3, -0.25) is 9.59 Å². The molecule has 0 saturated heterocycles. The van der Waals surface area contributed by atoms with Crippen LogP contribution in [0.25, 0.3) is 0 Å². The molecule has 3 atom stereocenters. The standard InChI is InChI=1S/C25H41N3O5/c1-8-10-15-26-22(30)21(19-13-11-17(3)12-14-19)28(18(4)9-2)23(31)20(16-29)27-24(32)33-25(5,6)7/h11-14,18,20-21,29H,8-10,15-16H2,1-7H3,(H,26,30)(H,27,32). The van der Waals surface area contributed by atoms with Crippen LogP contribution in [0.15, 0.2) is 24.3 Å². The van der Waals surface area contributed by atoms with Gasteiger partial charge in [-0.15, -0.1) is 0 Å². The zero-order chi connectivity index (χ0) is 25.2. The van der Waals surface area contributed by atoms with Gasteiger partial charge in [-0.2, -0.15) is 0 Å². The Kier molecular flexibility index (Phi) is 11.4. The number of unbranched alkanes of at least 4 members (excludes halogenated alkanes) is 1. The third kappa shape index (κ3) is 9.04. The first-order chi connectivity index (χ1) is 15.4. The molecule has 3 N–H and O–H groups in total. The van der Waals surface area contributed by atoms with Gasteiger partial charge in [0.1, 0.15) is 17.7 Å². The number of nitrogens with zero attached hydrogens (tertiary/aromatic N) is 1. The summed E-state index contributed by atoms with van der Waals surface area (Å²) in [6, 6.07) is 4.97. The second-order valence-electron chi connectivity index (χ2n) is 9.34. The van der Waals surface area contributed by atoms with Gasteiger partial charge in [0.2, 0.25) is 11.8 Å². The molecular formula is C25H41N3O5. The molecule has 0 heterocycles. The third-order valence-corrected chi connectivity index (χ3v) is 5.24. The molecule has 0 aliphatic heterocycles. The van der Waals surface area contributed by atoms with E-state index in [1.165, 1.54) is 4.90 Å². The Labute approximate surface area is 198 Å². The molecule has 0 aliphatic carbocycles. The van der Waals surface area contributed by atoms with Crippen LogP contribution in [0.4, 0.5) is 4.79 Å². The molecule has 0 saturated carbocycles. The molecule has 33 heavy (non-hydrogen) atoms. The average molecular weight is 464 g/mol. The highest BCUT2D eigenvalue weighted by Crippen LogP contribution is 2.26. The molecule has 1 aromatic carbocycles. The van der Waals surface area contributed by atoms with Gasteiger partial charge in [0.05, 0.1) is 6.61 Å². The van der Waals surface area contributed by atoms with Crippen molar-refractivity contribution in [3.63, 3.8) is 0 Å². The van der Waals surface area contributed by atoms with Crippen LogP contribution < -0.4 is 10.6 Å². The lowest BCUT2D eigenvalue weighted by molar-refractivity contribution is -0.145. The van der Waals surface area contributed by atoms with Crippen LogP contribution in [0.2, 0.25) is 0 Å². The Hall–Kier alpha value is -2.61. The van der Waals surface area contributed by atoms with Crippen molar-refractivity contribution in [2.75, 3.05) is 13.2 Å². The van der Waals surface area contributed by atoms with Crippen LogP contribution in [-0.4, -0.2) is 58.8 Å². The van der Waals surface area contributed by atoms with E-state index in [4.69, 9.17) is 4.74 Å². The minimum Gasteiger partial charge on any atom is -0.444 e. The number of alkyl carbamates (subject to hydrolysis) is 1. The lowest BCUT2D eigenvalue weighted by Gasteiger charge is -2.38. The van der Waals surface area contributed by atoms with E-state index in [9.17, 15) is 19.5 Å². The monoisotopic (exact) mass is 463 g/mol. The van der Waals surface area contributed by atoms with Crippen molar-refractivity contribution in [3.8, 4) is 0 Å². The lowest BCUT2D eigenvalue weighted by Crippen LogP contribution is -2.56. The Balaban J connectivity index is 3.34. The smallest absolute Gasteiger partial charge is 0.408 e. The summed E-state index contributed by atoms with van der Waals surface area (Å²) in [7, 11) is 0. The molecular weight excluding hydrogens is 422 g/mol. The molecule has 186 valence electrons. The van der Waals surface area contributed by atoms with E-state index in [-0.39, 0.29) is 11.9 Å². The van der Waals surface area contributed by atoms with Gasteiger partial charge in [-0.05, 0) is 53.0 Å². The molecule has 0 bridgehead atoms. The third-order valence-electron chi connectivity index (χ3n) is 5.24. The molecule has 1 rings (SSSR count). The SMILES string of the molecule is CCCCNC(=O)C(c1ccc(C)cc1)N(C(=O)C(CO)NC(=O)OC(C)(C)C)C(C)CC. The number of nitrogens with one attached hydrogen (secondary N) is 2. The summed E-state index contributed by atoms with van der Waals surface area (Å²) in [5.41, 5.74) is 0.940. The van der Waals surface area contributed by atoms with Crippen molar-refractivity contribution in [2.45, 2.75) is 91.5 Å². The van der Waals surface area contributed by atoms with Gasteiger partial charge < -0.3 is 25.4 Å². The van der Waals surface area contributed by atoms with E-state index < -0.39 is 36.3 Å². The van der Waals surface area contributed by atoms with Gasteiger partial charge in [0, 0.05) is 12.6 Å². The van der Waals surface area contributed by atoms with Crippen LogP contribution in [0, 0.1) is 6.92 Å². The van der Waals surface area contributed by atoms with Gasteiger partial charge >= 0.3 is 6.09 Å². The van der Waals surface area contributed by atoms with Gasteiger partial charge in [-0.1, -0.05) is 50.1 Å². The molecule has 3 unspecified atom stereocenters. The van der Waals surface area contributed by atoms with Gasteiger partial charge in [0.25, 0.3) is 0 Å². The summed E-state index contributed by atoms with van der Waals surface area (Å²) in [5.74, 6) is -0.844. The van der Waals surface area contributed by atoms with Crippen LogP contribution in [-0.2, 0) is 14.3 Å². The zero-order valence-electron chi connectivity index (χ0n) is 21.1. The first-order valence-electron chi connectivity index (χ1n) is 11.7.